The van der Waals surface area contributed by atoms with E-state index in [1.807, 2.05) is 0 Å². The SMILES string of the molecule is Cc1ccc(Cc2ccc3c(c2)CCOC3)cc1. The molecule has 0 aliphatic carbocycles. The van der Waals surface area contributed by atoms with E-state index in [1.165, 1.54) is 27.8 Å². The van der Waals surface area contributed by atoms with Gasteiger partial charge in [0.2, 0.25) is 0 Å². The number of fused-ring (bicyclic) bond motifs is 1. The monoisotopic (exact) mass is 238 g/mol. The van der Waals surface area contributed by atoms with Crippen LogP contribution in [0, 0.1) is 6.92 Å². The van der Waals surface area contributed by atoms with E-state index in [9.17, 15) is 0 Å². The Bertz CT molecular complexity index is 540. The van der Waals surface area contributed by atoms with Crippen LogP contribution in [0.4, 0.5) is 0 Å². The number of hydrogen-bond acceptors (Lipinski definition) is 1. The first kappa shape index (κ1) is 11.5. The Morgan fingerprint density at radius 2 is 1.72 bits per heavy atom. The number of rotatable bonds is 2. The Morgan fingerprint density at radius 3 is 2.56 bits per heavy atom. The molecule has 0 saturated carbocycles. The van der Waals surface area contributed by atoms with E-state index in [1.54, 1.807) is 0 Å². The standard InChI is InChI=1S/C17H18O/c1-13-2-4-14(5-3-13)10-15-6-7-17-12-18-9-8-16(17)11-15/h2-7,11H,8-10,12H2,1H3. The van der Waals surface area contributed by atoms with Crippen molar-refractivity contribution in [2.24, 2.45) is 0 Å². The highest BCUT2D eigenvalue weighted by molar-refractivity contribution is 5.36. The van der Waals surface area contributed by atoms with Crippen LogP contribution < -0.4 is 0 Å². The largest absolute Gasteiger partial charge is 0.376 e. The fraction of sp³-hybridized carbons (Fsp3) is 0.294. The van der Waals surface area contributed by atoms with E-state index < -0.39 is 0 Å². The third-order valence-electron chi connectivity index (χ3n) is 3.57. The van der Waals surface area contributed by atoms with Crippen LogP contribution in [0.25, 0.3) is 0 Å². The molecule has 92 valence electrons. The van der Waals surface area contributed by atoms with E-state index in [0.29, 0.717) is 0 Å². The van der Waals surface area contributed by atoms with Gasteiger partial charge in [0.25, 0.3) is 0 Å². The van der Waals surface area contributed by atoms with Gasteiger partial charge in [0.1, 0.15) is 0 Å². The second-order valence-electron chi connectivity index (χ2n) is 5.07. The van der Waals surface area contributed by atoms with Crippen molar-refractivity contribution in [2.75, 3.05) is 6.61 Å². The number of hydrogen-bond donors (Lipinski definition) is 0. The molecule has 2 aromatic rings. The molecule has 0 fully saturated rings. The maximum atomic E-state index is 5.47. The second kappa shape index (κ2) is 4.95. The Morgan fingerprint density at radius 1 is 0.944 bits per heavy atom. The van der Waals surface area contributed by atoms with Crippen LogP contribution in [0.3, 0.4) is 0 Å². The number of ether oxygens (including phenoxy) is 1. The van der Waals surface area contributed by atoms with Crippen molar-refractivity contribution >= 4 is 0 Å². The van der Waals surface area contributed by atoms with Gasteiger partial charge in [-0.1, -0.05) is 48.0 Å². The van der Waals surface area contributed by atoms with E-state index >= 15 is 0 Å². The Kier molecular flexibility index (Phi) is 3.16. The van der Waals surface area contributed by atoms with Crippen molar-refractivity contribution in [2.45, 2.75) is 26.4 Å². The van der Waals surface area contributed by atoms with Gasteiger partial charge in [-0.05, 0) is 42.0 Å². The molecule has 0 saturated heterocycles. The van der Waals surface area contributed by atoms with Crippen molar-refractivity contribution < 1.29 is 4.74 Å². The van der Waals surface area contributed by atoms with Gasteiger partial charge < -0.3 is 4.74 Å². The summed E-state index contributed by atoms with van der Waals surface area (Å²) < 4.78 is 5.47. The summed E-state index contributed by atoms with van der Waals surface area (Å²) in [6, 6.07) is 15.6. The van der Waals surface area contributed by atoms with E-state index in [4.69, 9.17) is 4.74 Å². The van der Waals surface area contributed by atoms with Crippen molar-refractivity contribution in [3.63, 3.8) is 0 Å². The van der Waals surface area contributed by atoms with Crippen LogP contribution in [-0.2, 0) is 24.2 Å². The first-order valence-corrected chi connectivity index (χ1v) is 6.55. The maximum Gasteiger partial charge on any atom is 0.0719 e. The Hall–Kier alpha value is -1.60. The molecule has 0 radical (unpaired) electrons. The molecule has 1 aliphatic heterocycles. The molecule has 1 nitrogen and oxygen atoms in total. The lowest BCUT2D eigenvalue weighted by atomic mass is 9.96. The summed E-state index contributed by atoms with van der Waals surface area (Å²) in [4.78, 5) is 0. The summed E-state index contributed by atoms with van der Waals surface area (Å²) in [7, 11) is 0. The van der Waals surface area contributed by atoms with Crippen molar-refractivity contribution in [1.29, 1.82) is 0 Å². The zero-order chi connectivity index (χ0) is 12.4. The van der Waals surface area contributed by atoms with Crippen LogP contribution in [0.15, 0.2) is 42.5 Å². The van der Waals surface area contributed by atoms with Crippen LogP contribution in [0.1, 0.15) is 27.8 Å². The fourth-order valence-electron chi connectivity index (χ4n) is 2.47. The third kappa shape index (κ3) is 2.46. The zero-order valence-corrected chi connectivity index (χ0v) is 10.8. The van der Waals surface area contributed by atoms with Gasteiger partial charge in [-0.15, -0.1) is 0 Å². The van der Waals surface area contributed by atoms with Gasteiger partial charge in [0, 0.05) is 0 Å². The maximum absolute atomic E-state index is 5.47. The van der Waals surface area contributed by atoms with Gasteiger partial charge in [-0.2, -0.15) is 0 Å². The molecule has 0 amide bonds. The number of aryl methyl sites for hydroxylation is 1. The summed E-state index contributed by atoms with van der Waals surface area (Å²) in [6.45, 7) is 3.77. The highest BCUT2D eigenvalue weighted by Gasteiger charge is 2.09. The molecule has 1 heteroatoms. The number of benzene rings is 2. The van der Waals surface area contributed by atoms with Gasteiger partial charge in [-0.3, -0.25) is 0 Å². The molecule has 2 aromatic carbocycles. The predicted molar refractivity (Wildman–Crippen MR) is 73.8 cm³/mol. The molecule has 3 rings (SSSR count). The molecule has 1 heterocycles. The van der Waals surface area contributed by atoms with Gasteiger partial charge in [0.15, 0.2) is 0 Å². The van der Waals surface area contributed by atoms with Crippen LogP contribution in [0.5, 0.6) is 0 Å². The summed E-state index contributed by atoms with van der Waals surface area (Å²) in [5, 5.41) is 0. The van der Waals surface area contributed by atoms with Gasteiger partial charge in [-0.25, -0.2) is 0 Å². The van der Waals surface area contributed by atoms with Crippen molar-refractivity contribution in [3.8, 4) is 0 Å². The molecule has 0 bridgehead atoms. The smallest absolute Gasteiger partial charge is 0.0719 e. The van der Waals surface area contributed by atoms with Crippen molar-refractivity contribution in [3.05, 3.63) is 70.3 Å². The van der Waals surface area contributed by atoms with Crippen LogP contribution >= 0.6 is 0 Å². The highest BCUT2D eigenvalue weighted by Crippen LogP contribution is 2.20. The first-order chi connectivity index (χ1) is 8.81. The predicted octanol–water partition coefficient (Wildman–Crippen LogP) is 3.66. The first-order valence-electron chi connectivity index (χ1n) is 6.55. The Labute approximate surface area is 108 Å². The summed E-state index contributed by atoms with van der Waals surface area (Å²) in [5.41, 5.74) is 6.92. The van der Waals surface area contributed by atoms with E-state index in [2.05, 4.69) is 49.4 Å². The van der Waals surface area contributed by atoms with Crippen LogP contribution in [0.2, 0.25) is 0 Å². The van der Waals surface area contributed by atoms with Gasteiger partial charge in [0.05, 0.1) is 13.2 Å². The molecule has 0 atom stereocenters. The van der Waals surface area contributed by atoms with Gasteiger partial charge >= 0.3 is 0 Å². The Balaban J connectivity index is 1.82. The molecular formula is C17H18O. The lowest BCUT2D eigenvalue weighted by Gasteiger charge is -2.17. The minimum absolute atomic E-state index is 0.778. The fourth-order valence-corrected chi connectivity index (χ4v) is 2.47. The third-order valence-corrected chi connectivity index (χ3v) is 3.57. The minimum Gasteiger partial charge on any atom is -0.376 e. The summed E-state index contributed by atoms with van der Waals surface area (Å²) >= 11 is 0. The van der Waals surface area contributed by atoms with E-state index in [-0.39, 0.29) is 0 Å². The normalized spacial score (nSPS) is 14.3. The zero-order valence-electron chi connectivity index (χ0n) is 10.8. The summed E-state index contributed by atoms with van der Waals surface area (Å²) in [5.74, 6) is 0. The molecular weight excluding hydrogens is 220 g/mol. The topological polar surface area (TPSA) is 9.23 Å². The quantitative estimate of drug-likeness (QED) is 0.776. The molecule has 1 aliphatic rings. The lowest BCUT2D eigenvalue weighted by molar-refractivity contribution is 0.110. The average Bonchev–Trinajstić information content (AvgIpc) is 2.41. The second-order valence-corrected chi connectivity index (χ2v) is 5.07. The molecule has 18 heavy (non-hydrogen) atoms. The van der Waals surface area contributed by atoms with E-state index in [0.717, 1.165) is 26.1 Å². The average molecular weight is 238 g/mol. The molecule has 0 unspecified atom stereocenters. The molecule has 0 spiro atoms. The van der Waals surface area contributed by atoms with Crippen LogP contribution in [-0.4, -0.2) is 6.61 Å². The molecule has 0 aromatic heterocycles. The molecule has 0 N–H and O–H groups in total. The lowest BCUT2D eigenvalue weighted by Crippen LogP contribution is -2.10. The summed E-state index contributed by atoms with van der Waals surface area (Å²) in [6.07, 6.45) is 2.07. The van der Waals surface area contributed by atoms with Crippen molar-refractivity contribution in [1.82, 2.24) is 0 Å². The highest BCUT2D eigenvalue weighted by atomic mass is 16.5. The minimum atomic E-state index is 0.778.